The second-order valence-corrected chi connectivity index (χ2v) is 9.54. The molecule has 3 heterocycles. The number of hydrogen-bond acceptors (Lipinski definition) is 7. The van der Waals surface area contributed by atoms with Crippen LogP contribution in [0.4, 0.5) is 23.2 Å². The zero-order valence-corrected chi connectivity index (χ0v) is 17.8. The Bertz CT molecular complexity index is 1310. The predicted octanol–water partition coefficient (Wildman–Crippen LogP) is 1.02. The van der Waals surface area contributed by atoms with Gasteiger partial charge >= 0.3 is 21.5 Å². The third-order valence-corrected chi connectivity index (χ3v) is 6.77. The summed E-state index contributed by atoms with van der Waals surface area (Å²) in [5.74, 6) is -2.88. The van der Waals surface area contributed by atoms with E-state index < -0.39 is 50.8 Å². The molecule has 2 aromatic rings. The quantitative estimate of drug-likeness (QED) is 0.592. The lowest BCUT2D eigenvalue weighted by molar-refractivity contribution is -0.0448. The van der Waals surface area contributed by atoms with E-state index in [1.165, 1.54) is 19.3 Å². The van der Waals surface area contributed by atoms with E-state index >= 15 is 4.39 Å². The Kier molecular flexibility index (Phi) is 5.43. The number of pyridine rings is 1. The van der Waals surface area contributed by atoms with Crippen molar-refractivity contribution in [3.63, 3.8) is 0 Å². The highest BCUT2D eigenvalue weighted by Crippen LogP contribution is 2.41. The van der Waals surface area contributed by atoms with E-state index in [1.807, 2.05) is 0 Å². The van der Waals surface area contributed by atoms with Crippen molar-refractivity contribution in [3.05, 3.63) is 33.9 Å². The molecule has 0 bridgehead atoms. The third-order valence-electron chi connectivity index (χ3n) is 5.62. The second kappa shape index (κ2) is 7.76. The SMILES string of the molecule is CN1COc2c(N3CCC(CNS(=O)(=O)C(F)(F)F)C3)c(F)cc3c(=O)c(C(=O)O)cn1c23. The van der Waals surface area contributed by atoms with E-state index in [0.29, 0.717) is 0 Å². The first-order chi connectivity index (χ1) is 15.3. The van der Waals surface area contributed by atoms with Crippen molar-refractivity contribution in [1.29, 1.82) is 0 Å². The molecule has 0 radical (unpaired) electrons. The van der Waals surface area contributed by atoms with Gasteiger partial charge in [0.05, 0.1) is 5.39 Å². The number of carbonyl (C=O) groups is 1. The second-order valence-electron chi connectivity index (χ2n) is 7.78. The maximum Gasteiger partial charge on any atom is 0.511 e. The summed E-state index contributed by atoms with van der Waals surface area (Å²) in [5, 5.41) is 10.6. The smallest absolute Gasteiger partial charge is 0.477 e. The first kappa shape index (κ1) is 23.1. The molecule has 1 aromatic heterocycles. The zero-order chi connectivity index (χ0) is 24.3. The molecule has 1 atom stereocenters. The van der Waals surface area contributed by atoms with Crippen LogP contribution < -0.4 is 24.8 Å². The topological polar surface area (TPSA) is 121 Å². The molecule has 1 fully saturated rings. The van der Waals surface area contributed by atoms with Gasteiger partial charge in [-0.1, -0.05) is 0 Å². The van der Waals surface area contributed by atoms with Gasteiger partial charge in [0.1, 0.15) is 16.8 Å². The van der Waals surface area contributed by atoms with Crippen LogP contribution >= 0.6 is 0 Å². The van der Waals surface area contributed by atoms with E-state index in [1.54, 1.807) is 7.05 Å². The third kappa shape index (κ3) is 3.84. The summed E-state index contributed by atoms with van der Waals surface area (Å²) in [5.41, 5.74) is -6.75. The minimum atomic E-state index is -5.49. The lowest BCUT2D eigenvalue weighted by Gasteiger charge is -2.33. The van der Waals surface area contributed by atoms with Crippen LogP contribution in [0, 0.1) is 11.7 Å². The highest BCUT2D eigenvalue weighted by Gasteiger charge is 2.46. The molecule has 15 heteroatoms. The van der Waals surface area contributed by atoms with E-state index in [0.717, 1.165) is 12.3 Å². The van der Waals surface area contributed by atoms with Gasteiger partial charge in [-0.2, -0.15) is 13.2 Å². The summed E-state index contributed by atoms with van der Waals surface area (Å²) in [6, 6.07) is 0.904. The van der Waals surface area contributed by atoms with Crippen molar-refractivity contribution in [1.82, 2.24) is 9.40 Å². The van der Waals surface area contributed by atoms with Crippen LogP contribution in [0.1, 0.15) is 16.8 Å². The lowest BCUT2D eigenvalue weighted by atomic mass is 10.1. The van der Waals surface area contributed by atoms with Gasteiger partial charge in [-0.15, -0.1) is 0 Å². The minimum Gasteiger partial charge on any atom is -0.477 e. The number of aromatic nitrogens is 1. The number of carboxylic acids is 1. The monoisotopic (exact) mass is 494 g/mol. The number of rotatable bonds is 5. The van der Waals surface area contributed by atoms with Crippen LogP contribution in [0.15, 0.2) is 17.1 Å². The van der Waals surface area contributed by atoms with Crippen molar-refractivity contribution in [2.24, 2.45) is 5.92 Å². The highest BCUT2D eigenvalue weighted by molar-refractivity contribution is 7.90. The number of benzene rings is 1. The molecule has 0 saturated carbocycles. The number of sulfonamides is 1. The molecule has 0 spiro atoms. The molecule has 1 aromatic carbocycles. The van der Waals surface area contributed by atoms with Gasteiger partial charge in [-0.05, 0) is 18.4 Å². The summed E-state index contributed by atoms with van der Waals surface area (Å²) in [6.07, 6.45) is 1.39. The summed E-state index contributed by atoms with van der Waals surface area (Å²) in [7, 11) is -3.92. The number of alkyl halides is 3. The number of carboxylic acid groups (broad SMARTS) is 1. The molecule has 0 amide bonds. The maximum atomic E-state index is 15.2. The Morgan fingerprint density at radius 3 is 2.70 bits per heavy atom. The van der Waals surface area contributed by atoms with Gasteiger partial charge < -0.3 is 14.7 Å². The fraction of sp³-hybridized carbons (Fsp3) is 0.444. The molecule has 2 N–H and O–H groups in total. The predicted molar refractivity (Wildman–Crippen MR) is 108 cm³/mol. The minimum absolute atomic E-state index is 0.00587. The average Bonchev–Trinajstić information content (AvgIpc) is 3.17. The molecule has 180 valence electrons. The first-order valence-corrected chi connectivity index (χ1v) is 11.1. The Morgan fingerprint density at radius 1 is 1.36 bits per heavy atom. The van der Waals surface area contributed by atoms with Crippen LogP contribution in [0.25, 0.3) is 10.9 Å². The van der Waals surface area contributed by atoms with Crippen molar-refractivity contribution in [3.8, 4) is 5.75 Å². The molecule has 2 aliphatic rings. The van der Waals surface area contributed by atoms with E-state index in [9.17, 15) is 36.3 Å². The van der Waals surface area contributed by atoms with E-state index in [4.69, 9.17) is 4.74 Å². The van der Waals surface area contributed by atoms with Crippen LogP contribution in [-0.2, 0) is 10.0 Å². The highest BCUT2D eigenvalue weighted by atomic mass is 32.2. The summed E-state index contributed by atoms with van der Waals surface area (Å²) >= 11 is 0. The molecule has 1 unspecified atom stereocenters. The largest absolute Gasteiger partial charge is 0.511 e. The fourth-order valence-electron chi connectivity index (χ4n) is 3.98. The van der Waals surface area contributed by atoms with Gasteiger partial charge in [0.2, 0.25) is 5.43 Å². The van der Waals surface area contributed by atoms with Gasteiger partial charge in [0.15, 0.2) is 18.3 Å². The molecule has 33 heavy (non-hydrogen) atoms. The number of halogens is 4. The first-order valence-electron chi connectivity index (χ1n) is 9.62. The van der Waals surface area contributed by atoms with Crippen LogP contribution in [0.5, 0.6) is 5.75 Å². The van der Waals surface area contributed by atoms with Gasteiger partial charge in [0, 0.05) is 32.9 Å². The average molecular weight is 494 g/mol. The van der Waals surface area contributed by atoms with Gasteiger partial charge in [-0.3, -0.25) is 14.5 Å². The van der Waals surface area contributed by atoms with Crippen molar-refractivity contribution in [2.45, 2.75) is 11.9 Å². The van der Waals surface area contributed by atoms with Crippen LogP contribution in [0.3, 0.4) is 0 Å². The number of ether oxygens (including phenoxy) is 1. The van der Waals surface area contributed by atoms with E-state index in [-0.39, 0.29) is 48.6 Å². The lowest BCUT2D eigenvalue weighted by Crippen LogP contribution is -2.40. The standard InChI is InChI=1S/C18H18F4N4O6S/c1-24-8-32-16-13-10(15(27)11(17(28)29)7-26(13)24)4-12(19)14(16)25-3-2-9(6-25)5-23-33(30,31)18(20,21)22/h4,7,9,23H,2-3,5-6,8H2,1H3,(H,28,29). The number of nitrogens with zero attached hydrogens (tertiary/aromatic N) is 3. The molecule has 2 aliphatic heterocycles. The Morgan fingerprint density at radius 2 is 2.06 bits per heavy atom. The van der Waals surface area contributed by atoms with Crippen LogP contribution in [-0.4, -0.2) is 63.1 Å². The van der Waals surface area contributed by atoms with Crippen LogP contribution in [0.2, 0.25) is 0 Å². The Balaban J connectivity index is 1.70. The maximum absolute atomic E-state index is 15.2. The Labute approximate surface area is 184 Å². The fourth-order valence-corrected chi connectivity index (χ4v) is 4.60. The van der Waals surface area contributed by atoms with Crippen molar-refractivity contribution in [2.75, 3.05) is 43.3 Å². The van der Waals surface area contributed by atoms with Crippen molar-refractivity contribution >= 4 is 32.6 Å². The van der Waals surface area contributed by atoms with Gasteiger partial charge in [-0.25, -0.2) is 22.3 Å². The molecule has 1 saturated heterocycles. The molecule has 10 nitrogen and oxygen atoms in total. The summed E-state index contributed by atoms with van der Waals surface area (Å²) < 4.78 is 83.8. The number of nitrogens with one attached hydrogen (secondary N) is 1. The molecule has 0 aliphatic carbocycles. The number of aromatic carboxylic acids is 1. The normalized spacial score (nSPS) is 18.6. The van der Waals surface area contributed by atoms with Crippen molar-refractivity contribution < 1.29 is 40.6 Å². The molecular weight excluding hydrogens is 476 g/mol. The number of anilines is 1. The molecular formula is C18H18F4N4O6S. The summed E-state index contributed by atoms with van der Waals surface area (Å²) in [6.45, 7) is -0.348. The zero-order valence-electron chi connectivity index (χ0n) is 17.0. The van der Waals surface area contributed by atoms with E-state index in [2.05, 4.69) is 0 Å². The summed E-state index contributed by atoms with van der Waals surface area (Å²) in [4.78, 5) is 25.6. The van der Waals surface area contributed by atoms with Gasteiger partial charge in [0.25, 0.3) is 0 Å². The Hall–Kier alpha value is -3.07. The molecule has 4 rings (SSSR count). The number of hydrogen-bond donors (Lipinski definition) is 2.